The first-order valence-corrected chi connectivity index (χ1v) is 4.05. The van der Waals surface area contributed by atoms with E-state index in [0.717, 1.165) is 0 Å². The van der Waals surface area contributed by atoms with Gasteiger partial charge in [-0.15, -0.1) is 0 Å². The predicted molar refractivity (Wildman–Crippen MR) is 48.9 cm³/mol. The van der Waals surface area contributed by atoms with Crippen molar-refractivity contribution in [3.8, 4) is 0 Å². The Bertz CT molecular complexity index is 396. The van der Waals surface area contributed by atoms with Crippen LogP contribution >= 0.6 is 15.9 Å². The first-order chi connectivity index (χ1) is 6.15. The fourth-order valence-electron chi connectivity index (χ4n) is 0.781. The smallest absolute Gasteiger partial charge is 0.335 e. The average Bonchev–Trinajstić information content (AvgIpc) is 2.08. The molecule has 1 aromatic carbocycles. The molecular formula is C8H4BrNO3. The molecule has 13 heavy (non-hydrogen) atoms. The summed E-state index contributed by atoms with van der Waals surface area (Å²) in [5.41, 5.74) is 0.340. The molecule has 0 amide bonds. The lowest BCUT2D eigenvalue weighted by atomic mass is 10.2. The Morgan fingerprint density at radius 3 is 2.77 bits per heavy atom. The molecule has 0 fully saturated rings. The van der Waals surface area contributed by atoms with Gasteiger partial charge in [-0.2, -0.15) is 4.99 Å². The summed E-state index contributed by atoms with van der Waals surface area (Å²) >= 11 is 3.11. The van der Waals surface area contributed by atoms with E-state index in [4.69, 9.17) is 5.11 Å². The molecule has 0 heterocycles. The van der Waals surface area contributed by atoms with Crippen LogP contribution in [0, 0.1) is 0 Å². The number of carbonyl (C=O) groups is 1. The third kappa shape index (κ3) is 2.24. The second kappa shape index (κ2) is 3.98. The molecule has 1 aromatic rings. The number of halogens is 1. The maximum absolute atomic E-state index is 10.5. The van der Waals surface area contributed by atoms with Crippen molar-refractivity contribution in [3.63, 3.8) is 0 Å². The van der Waals surface area contributed by atoms with Crippen molar-refractivity contribution >= 4 is 33.7 Å². The van der Waals surface area contributed by atoms with Crippen molar-refractivity contribution < 1.29 is 14.7 Å². The maximum Gasteiger partial charge on any atom is 0.335 e. The van der Waals surface area contributed by atoms with Gasteiger partial charge in [0.25, 0.3) is 0 Å². The number of benzene rings is 1. The number of isocyanates is 1. The largest absolute Gasteiger partial charge is 0.478 e. The molecular weight excluding hydrogens is 238 g/mol. The highest BCUT2D eigenvalue weighted by Crippen LogP contribution is 2.25. The molecule has 0 aromatic heterocycles. The molecule has 66 valence electrons. The number of nitrogens with zero attached hydrogens (tertiary/aromatic N) is 1. The van der Waals surface area contributed by atoms with E-state index in [2.05, 4.69) is 20.9 Å². The molecule has 4 nitrogen and oxygen atoms in total. The van der Waals surface area contributed by atoms with Gasteiger partial charge in [0, 0.05) is 4.47 Å². The second-order valence-electron chi connectivity index (χ2n) is 2.17. The molecule has 0 aliphatic carbocycles. The highest BCUT2D eigenvalue weighted by molar-refractivity contribution is 9.10. The zero-order valence-corrected chi connectivity index (χ0v) is 7.91. The monoisotopic (exact) mass is 241 g/mol. The van der Waals surface area contributed by atoms with E-state index < -0.39 is 5.97 Å². The van der Waals surface area contributed by atoms with Gasteiger partial charge < -0.3 is 5.11 Å². The van der Waals surface area contributed by atoms with Gasteiger partial charge in [0.2, 0.25) is 6.08 Å². The standard InChI is InChI=1S/C8H4BrNO3/c9-6-2-1-5(8(12)13)3-7(6)10-4-11/h1-3H,(H,12,13). The van der Waals surface area contributed by atoms with Crippen LogP contribution in [0.2, 0.25) is 0 Å². The minimum Gasteiger partial charge on any atom is -0.478 e. The molecule has 0 atom stereocenters. The number of hydrogen-bond acceptors (Lipinski definition) is 3. The number of carboxylic acids is 1. The topological polar surface area (TPSA) is 66.7 Å². The highest BCUT2D eigenvalue weighted by Gasteiger charge is 2.05. The van der Waals surface area contributed by atoms with Crippen molar-refractivity contribution in [2.75, 3.05) is 0 Å². The van der Waals surface area contributed by atoms with E-state index in [-0.39, 0.29) is 11.3 Å². The summed E-state index contributed by atoms with van der Waals surface area (Å²) in [6.45, 7) is 0. The Hall–Kier alpha value is -1.45. The average molecular weight is 242 g/mol. The summed E-state index contributed by atoms with van der Waals surface area (Å²) < 4.78 is 0.556. The fraction of sp³-hybridized carbons (Fsp3) is 0. The van der Waals surface area contributed by atoms with Crippen LogP contribution in [0.3, 0.4) is 0 Å². The van der Waals surface area contributed by atoms with E-state index in [1.54, 1.807) is 0 Å². The quantitative estimate of drug-likeness (QED) is 0.637. The van der Waals surface area contributed by atoms with E-state index in [9.17, 15) is 9.59 Å². The van der Waals surface area contributed by atoms with Gasteiger partial charge in [-0.05, 0) is 34.1 Å². The molecule has 1 rings (SSSR count). The van der Waals surface area contributed by atoms with E-state index in [0.29, 0.717) is 4.47 Å². The van der Waals surface area contributed by atoms with Crippen LogP contribution in [-0.4, -0.2) is 17.2 Å². The maximum atomic E-state index is 10.5. The van der Waals surface area contributed by atoms with Gasteiger partial charge in [0.1, 0.15) is 0 Å². The summed E-state index contributed by atoms with van der Waals surface area (Å²) in [4.78, 5) is 23.8. The summed E-state index contributed by atoms with van der Waals surface area (Å²) in [5, 5.41) is 8.61. The molecule has 5 heteroatoms. The SMILES string of the molecule is O=C=Nc1cc(C(=O)O)ccc1Br. The zero-order valence-electron chi connectivity index (χ0n) is 6.32. The number of hydrogen-bond donors (Lipinski definition) is 1. The first-order valence-electron chi connectivity index (χ1n) is 3.26. The van der Waals surface area contributed by atoms with Crippen LogP contribution in [0.15, 0.2) is 27.7 Å². The number of aliphatic imine (C=N–C) groups is 1. The Morgan fingerprint density at radius 2 is 2.23 bits per heavy atom. The Morgan fingerprint density at radius 1 is 1.54 bits per heavy atom. The molecule has 0 aliphatic heterocycles. The van der Waals surface area contributed by atoms with Crippen molar-refractivity contribution in [3.05, 3.63) is 28.2 Å². The Balaban J connectivity index is 3.26. The van der Waals surface area contributed by atoms with Gasteiger partial charge in [-0.25, -0.2) is 9.59 Å². The molecule has 0 spiro atoms. The van der Waals surface area contributed by atoms with Crippen molar-refractivity contribution in [2.24, 2.45) is 4.99 Å². The van der Waals surface area contributed by atoms with E-state index in [1.807, 2.05) is 0 Å². The lowest BCUT2D eigenvalue weighted by Crippen LogP contribution is -1.94. The Kier molecular flexibility index (Phi) is 2.95. The molecule has 0 aliphatic rings. The minimum atomic E-state index is -1.06. The summed E-state index contributed by atoms with van der Waals surface area (Å²) in [6.07, 6.45) is 1.34. The molecule has 0 unspecified atom stereocenters. The van der Waals surface area contributed by atoms with Crippen LogP contribution in [0.5, 0.6) is 0 Å². The van der Waals surface area contributed by atoms with Crippen LogP contribution in [0.25, 0.3) is 0 Å². The van der Waals surface area contributed by atoms with Gasteiger partial charge in [0.15, 0.2) is 0 Å². The second-order valence-corrected chi connectivity index (χ2v) is 3.03. The summed E-state index contributed by atoms with van der Waals surface area (Å²) in [6, 6.07) is 4.22. The fourth-order valence-corrected chi connectivity index (χ4v) is 1.12. The zero-order chi connectivity index (χ0) is 9.84. The molecule has 0 radical (unpaired) electrons. The van der Waals surface area contributed by atoms with Crippen molar-refractivity contribution in [1.29, 1.82) is 0 Å². The van der Waals surface area contributed by atoms with Gasteiger partial charge in [-0.1, -0.05) is 0 Å². The minimum absolute atomic E-state index is 0.0807. The first kappa shape index (κ1) is 9.64. The summed E-state index contributed by atoms with van der Waals surface area (Å²) in [5.74, 6) is -1.06. The third-order valence-corrected chi connectivity index (χ3v) is 2.03. The van der Waals surface area contributed by atoms with Crippen LogP contribution in [0.1, 0.15) is 10.4 Å². The number of aromatic carboxylic acids is 1. The predicted octanol–water partition coefficient (Wildman–Crippen LogP) is 2.11. The Labute approximate surface area is 82.0 Å². The molecule has 0 saturated carbocycles. The van der Waals surface area contributed by atoms with Gasteiger partial charge in [0.05, 0.1) is 11.3 Å². The molecule has 1 N–H and O–H groups in total. The number of rotatable bonds is 2. The molecule has 0 saturated heterocycles. The lowest BCUT2D eigenvalue weighted by Gasteiger charge is -1.97. The van der Waals surface area contributed by atoms with Crippen molar-refractivity contribution in [2.45, 2.75) is 0 Å². The number of carboxylic acid groups (broad SMARTS) is 1. The highest BCUT2D eigenvalue weighted by atomic mass is 79.9. The van der Waals surface area contributed by atoms with E-state index in [1.165, 1.54) is 24.3 Å². The van der Waals surface area contributed by atoms with E-state index >= 15 is 0 Å². The van der Waals surface area contributed by atoms with Crippen LogP contribution in [0.4, 0.5) is 5.69 Å². The van der Waals surface area contributed by atoms with Crippen LogP contribution < -0.4 is 0 Å². The van der Waals surface area contributed by atoms with Crippen molar-refractivity contribution in [1.82, 2.24) is 0 Å². The normalized spacial score (nSPS) is 9.00. The van der Waals surface area contributed by atoms with Gasteiger partial charge >= 0.3 is 5.97 Å². The third-order valence-electron chi connectivity index (χ3n) is 1.36. The summed E-state index contributed by atoms with van der Waals surface area (Å²) in [7, 11) is 0. The number of carbonyl (C=O) groups excluding carboxylic acids is 1. The molecule has 0 bridgehead atoms. The van der Waals surface area contributed by atoms with Gasteiger partial charge in [-0.3, -0.25) is 0 Å². The lowest BCUT2D eigenvalue weighted by molar-refractivity contribution is 0.0697. The van der Waals surface area contributed by atoms with Crippen LogP contribution in [-0.2, 0) is 4.79 Å².